The van der Waals surface area contributed by atoms with E-state index in [9.17, 15) is 0 Å². The van der Waals surface area contributed by atoms with E-state index in [2.05, 4.69) is 19.2 Å². The number of rotatable bonds is 3. The average molecular weight is 215 g/mol. The minimum Gasteiger partial charge on any atom is -0.317 e. The summed E-state index contributed by atoms with van der Waals surface area (Å²) in [6.07, 6.45) is 6.96. The summed E-state index contributed by atoms with van der Waals surface area (Å²) in [6, 6.07) is 0. The summed E-state index contributed by atoms with van der Waals surface area (Å²) in [4.78, 5) is 0. The normalized spacial score (nSPS) is 18.0. The van der Waals surface area contributed by atoms with Gasteiger partial charge < -0.3 is 5.32 Å². The molecule has 0 spiro atoms. The highest BCUT2D eigenvalue weighted by atomic mass is 14.9. The van der Waals surface area contributed by atoms with E-state index in [4.69, 9.17) is 0 Å². The van der Waals surface area contributed by atoms with Crippen LogP contribution in [0.15, 0.2) is 0 Å². The monoisotopic (exact) mass is 215 g/mol. The number of piperidine rings is 1. The van der Waals surface area contributed by atoms with Crippen LogP contribution in [0.3, 0.4) is 0 Å². The van der Waals surface area contributed by atoms with Crippen molar-refractivity contribution in [3.63, 3.8) is 0 Å². The molecule has 0 radical (unpaired) electrons. The minimum absolute atomic E-state index is 0.668. The fourth-order valence-electron chi connectivity index (χ4n) is 1.88. The Hall–Kier alpha value is -0.0400. The van der Waals surface area contributed by atoms with E-state index >= 15 is 0 Å². The third kappa shape index (κ3) is 8.92. The quantitative estimate of drug-likeness (QED) is 0.724. The molecule has 1 saturated heterocycles. The molecule has 1 fully saturated rings. The van der Waals surface area contributed by atoms with Crippen molar-refractivity contribution in [2.24, 2.45) is 5.41 Å². The molecule has 0 aliphatic carbocycles. The molecule has 1 heterocycles. The van der Waals surface area contributed by atoms with Crippen molar-refractivity contribution >= 4 is 0 Å². The van der Waals surface area contributed by atoms with Crippen molar-refractivity contribution in [3.8, 4) is 0 Å². The maximum atomic E-state index is 3.42. The fourth-order valence-corrected chi connectivity index (χ4v) is 1.88. The topological polar surface area (TPSA) is 12.0 Å². The molecule has 0 aromatic rings. The van der Waals surface area contributed by atoms with Gasteiger partial charge in [-0.25, -0.2) is 0 Å². The summed E-state index contributed by atoms with van der Waals surface area (Å²) < 4.78 is 0. The molecular weight excluding hydrogens is 182 g/mol. The van der Waals surface area contributed by atoms with Gasteiger partial charge in [0.25, 0.3) is 0 Å². The molecule has 0 unspecified atom stereocenters. The molecule has 0 saturated carbocycles. The molecule has 0 amide bonds. The first-order valence-corrected chi connectivity index (χ1v) is 6.97. The highest BCUT2D eigenvalue weighted by Crippen LogP contribution is 2.33. The second-order valence-electron chi connectivity index (χ2n) is 4.16. The van der Waals surface area contributed by atoms with Gasteiger partial charge in [0, 0.05) is 0 Å². The van der Waals surface area contributed by atoms with E-state index < -0.39 is 0 Å². The molecule has 0 bridgehead atoms. The zero-order valence-corrected chi connectivity index (χ0v) is 11.9. The molecule has 1 heteroatoms. The molecule has 15 heavy (non-hydrogen) atoms. The Bertz CT molecular complexity index is 104. The molecule has 0 atom stereocenters. The summed E-state index contributed by atoms with van der Waals surface area (Å²) in [5.41, 5.74) is 0.668. The minimum atomic E-state index is 0.668. The van der Waals surface area contributed by atoms with E-state index in [1.165, 1.54) is 45.2 Å². The molecule has 94 valence electrons. The maximum Gasteiger partial charge on any atom is -0.00437 e. The first kappa shape index (κ1) is 17.4. The molecule has 1 N–H and O–H groups in total. The molecule has 0 aromatic heterocycles. The van der Waals surface area contributed by atoms with Crippen molar-refractivity contribution in [2.45, 2.75) is 73.6 Å². The van der Waals surface area contributed by atoms with Crippen LogP contribution in [-0.4, -0.2) is 13.1 Å². The Balaban J connectivity index is 0. The second kappa shape index (κ2) is 12.0. The van der Waals surface area contributed by atoms with Crippen molar-refractivity contribution in [1.82, 2.24) is 5.32 Å². The van der Waals surface area contributed by atoms with E-state index in [1.807, 2.05) is 27.7 Å². The van der Waals surface area contributed by atoms with E-state index in [0.29, 0.717) is 5.41 Å². The number of nitrogens with one attached hydrogen (secondary N) is 1. The highest BCUT2D eigenvalue weighted by Gasteiger charge is 2.25. The maximum absolute atomic E-state index is 3.42. The third-order valence-electron chi connectivity index (χ3n) is 2.94. The van der Waals surface area contributed by atoms with Crippen LogP contribution in [0.25, 0.3) is 0 Å². The van der Waals surface area contributed by atoms with Crippen LogP contribution in [0.4, 0.5) is 0 Å². The number of unbranched alkanes of at least 4 members (excludes halogenated alkanes) is 1. The first-order chi connectivity index (χ1) is 7.27. The Labute approximate surface area is 98.0 Å². The molecule has 1 nitrogen and oxygen atoms in total. The third-order valence-corrected chi connectivity index (χ3v) is 2.94. The van der Waals surface area contributed by atoms with Gasteiger partial charge in [-0.1, -0.05) is 54.4 Å². The van der Waals surface area contributed by atoms with Crippen molar-refractivity contribution < 1.29 is 0 Å². The Morgan fingerprint density at radius 1 is 1.00 bits per heavy atom. The summed E-state index contributed by atoms with van der Waals surface area (Å²) in [7, 11) is 0. The molecule has 1 aliphatic rings. The smallest absolute Gasteiger partial charge is 0.00437 e. The van der Waals surface area contributed by atoms with Gasteiger partial charge in [-0.15, -0.1) is 0 Å². The number of hydrogen-bond acceptors (Lipinski definition) is 1. The van der Waals surface area contributed by atoms with Crippen LogP contribution < -0.4 is 5.32 Å². The SMILES string of the molecule is CC.CC.CCCCC1(C)CCNCC1. The van der Waals surface area contributed by atoms with Crippen LogP contribution in [0.1, 0.15) is 73.6 Å². The van der Waals surface area contributed by atoms with Gasteiger partial charge in [-0.05, 0) is 37.8 Å². The summed E-state index contributed by atoms with van der Waals surface area (Å²) in [5, 5.41) is 3.42. The highest BCUT2D eigenvalue weighted by molar-refractivity contribution is 4.79. The Morgan fingerprint density at radius 3 is 1.87 bits per heavy atom. The van der Waals surface area contributed by atoms with Crippen LogP contribution >= 0.6 is 0 Å². The lowest BCUT2D eigenvalue weighted by Crippen LogP contribution is -2.34. The predicted molar refractivity (Wildman–Crippen MR) is 72.4 cm³/mol. The van der Waals surface area contributed by atoms with Gasteiger partial charge in [-0.3, -0.25) is 0 Å². The van der Waals surface area contributed by atoms with Gasteiger partial charge in [0.15, 0.2) is 0 Å². The largest absolute Gasteiger partial charge is 0.317 e. The van der Waals surface area contributed by atoms with E-state index in [-0.39, 0.29) is 0 Å². The zero-order chi connectivity index (χ0) is 12.2. The summed E-state index contributed by atoms with van der Waals surface area (Å²) in [6.45, 7) is 15.2. The molecule has 1 rings (SSSR count). The van der Waals surface area contributed by atoms with Gasteiger partial charge >= 0.3 is 0 Å². The lowest BCUT2D eigenvalue weighted by atomic mass is 9.77. The summed E-state index contributed by atoms with van der Waals surface area (Å²) >= 11 is 0. The van der Waals surface area contributed by atoms with E-state index in [0.717, 1.165) is 0 Å². The molecule has 0 aromatic carbocycles. The Morgan fingerprint density at radius 2 is 1.47 bits per heavy atom. The first-order valence-electron chi connectivity index (χ1n) is 6.97. The van der Waals surface area contributed by atoms with E-state index in [1.54, 1.807) is 0 Å². The van der Waals surface area contributed by atoms with Crippen molar-refractivity contribution in [1.29, 1.82) is 0 Å². The lowest BCUT2D eigenvalue weighted by molar-refractivity contribution is 0.206. The van der Waals surface area contributed by atoms with Crippen LogP contribution in [0, 0.1) is 5.41 Å². The van der Waals surface area contributed by atoms with Crippen LogP contribution in [0.2, 0.25) is 0 Å². The standard InChI is InChI=1S/C10H21N.2C2H6/c1-3-4-5-10(2)6-8-11-9-7-10;2*1-2/h11H,3-9H2,1-2H3;2*1-2H3. The molecular formula is C14H33N. The molecule has 1 aliphatic heterocycles. The van der Waals surface area contributed by atoms with Gasteiger partial charge in [0.1, 0.15) is 0 Å². The predicted octanol–water partition coefficient (Wildman–Crippen LogP) is 4.62. The van der Waals surface area contributed by atoms with Crippen molar-refractivity contribution in [3.05, 3.63) is 0 Å². The van der Waals surface area contributed by atoms with Gasteiger partial charge in [0.2, 0.25) is 0 Å². The zero-order valence-electron chi connectivity index (χ0n) is 11.9. The lowest BCUT2D eigenvalue weighted by Gasteiger charge is -2.34. The van der Waals surface area contributed by atoms with Crippen LogP contribution in [-0.2, 0) is 0 Å². The Kier molecular flexibility index (Phi) is 13.9. The second-order valence-corrected chi connectivity index (χ2v) is 4.16. The summed E-state index contributed by atoms with van der Waals surface area (Å²) in [5.74, 6) is 0. The van der Waals surface area contributed by atoms with Gasteiger partial charge in [0.05, 0.1) is 0 Å². The number of hydrogen-bond donors (Lipinski definition) is 1. The fraction of sp³-hybridized carbons (Fsp3) is 1.00. The van der Waals surface area contributed by atoms with Crippen molar-refractivity contribution in [2.75, 3.05) is 13.1 Å². The average Bonchev–Trinajstić information content (AvgIpc) is 2.33. The van der Waals surface area contributed by atoms with Gasteiger partial charge in [-0.2, -0.15) is 0 Å². The van der Waals surface area contributed by atoms with Crippen LogP contribution in [0.5, 0.6) is 0 Å².